The molecule has 0 N–H and O–H groups in total. The number of hydrogen-bond acceptors (Lipinski definition) is 1. The monoisotopic (exact) mass is 223 g/mol. The zero-order chi connectivity index (χ0) is 11.4. The smallest absolute Gasteiger partial charge is 0.0991 e. The van der Waals surface area contributed by atoms with Gasteiger partial charge in [-0.3, -0.25) is 0 Å². The van der Waals surface area contributed by atoms with E-state index in [0.717, 1.165) is 29.2 Å². The number of nitrogens with zero attached hydrogens (tertiary/aromatic N) is 1. The first-order valence-electron chi connectivity index (χ1n) is 6.87. The van der Waals surface area contributed by atoms with E-state index >= 15 is 0 Å². The molecule has 0 heterocycles. The van der Waals surface area contributed by atoms with Gasteiger partial charge >= 0.3 is 0 Å². The quantitative estimate of drug-likeness (QED) is 0.653. The van der Waals surface area contributed by atoms with E-state index in [0.29, 0.717) is 0 Å². The van der Waals surface area contributed by atoms with Crippen LogP contribution < -0.4 is 0 Å². The molecule has 1 aromatic rings. The Labute approximate surface area is 102 Å². The summed E-state index contributed by atoms with van der Waals surface area (Å²) in [4.78, 5) is 0. The average Bonchev–Trinajstić information content (AvgIpc) is 2.52. The first-order chi connectivity index (χ1) is 8.33. The predicted octanol–water partition coefficient (Wildman–Crippen LogP) is 3.95. The van der Waals surface area contributed by atoms with E-state index < -0.39 is 0 Å². The van der Waals surface area contributed by atoms with Crippen LogP contribution in [0.4, 0.5) is 0 Å². The lowest BCUT2D eigenvalue weighted by Crippen LogP contribution is -2.25. The Morgan fingerprint density at radius 1 is 0.882 bits per heavy atom. The molecule has 0 spiro atoms. The van der Waals surface area contributed by atoms with Crippen molar-refractivity contribution in [1.82, 2.24) is 0 Å². The molecular formula is C16H17N. The van der Waals surface area contributed by atoms with E-state index in [1.165, 1.54) is 37.7 Å². The summed E-state index contributed by atoms with van der Waals surface area (Å²) in [5, 5.41) is 9.06. The summed E-state index contributed by atoms with van der Waals surface area (Å²) in [5.41, 5.74) is 3.96. The Morgan fingerprint density at radius 2 is 1.53 bits per heavy atom. The minimum Gasteiger partial charge on any atom is -0.192 e. The standard InChI is InChI=1S/C16H17N/c17-9-10-1-2-15-13-4-11-3-12(5-13)7-14(6-11)16(15)8-10/h1-2,8,11-14H,3-7H2. The molecule has 1 aromatic carbocycles. The Hall–Kier alpha value is -1.29. The van der Waals surface area contributed by atoms with Crippen molar-refractivity contribution in [3.63, 3.8) is 0 Å². The molecule has 0 saturated heterocycles. The molecule has 4 aliphatic carbocycles. The third kappa shape index (κ3) is 1.37. The molecule has 0 radical (unpaired) electrons. The molecule has 0 amide bonds. The van der Waals surface area contributed by atoms with E-state index in [2.05, 4.69) is 18.2 Å². The normalized spacial score (nSPS) is 37.4. The van der Waals surface area contributed by atoms with Crippen LogP contribution in [0.5, 0.6) is 0 Å². The fraction of sp³-hybridized carbons (Fsp3) is 0.562. The topological polar surface area (TPSA) is 23.8 Å². The number of hydrogen-bond donors (Lipinski definition) is 0. The van der Waals surface area contributed by atoms with Gasteiger partial charge in [0.15, 0.2) is 0 Å². The van der Waals surface area contributed by atoms with Gasteiger partial charge in [-0.2, -0.15) is 5.26 Å². The van der Waals surface area contributed by atoms with Gasteiger partial charge in [-0.25, -0.2) is 0 Å². The molecule has 0 aromatic heterocycles. The van der Waals surface area contributed by atoms with Gasteiger partial charge < -0.3 is 0 Å². The maximum atomic E-state index is 9.06. The molecular weight excluding hydrogens is 206 g/mol. The van der Waals surface area contributed by atoms with Crippen molar-refractivity contribution in [3.05, 3.63) is 34.9 Å². The van der Waals surface area contributed by atoms with Gasteiger partial charge in [0.05, 0.1) is 11.6 Å². The van der Waals surface area contributed by atoms with Gasteiger partial charge in [-0.15, -0.1) is 0 Å². The van der Waals surface area contributed by atoms with Gasteiger partial charge in [0.1, 0.15) is 0 Å². The molecule has 17 heavy (non-hydrogen) atoms. The highest BCUT2D eigenvalue weighted by molar-refractivity contribution is 5.43. The Morgan fingerprint density at radius 3 is 2.18 bits per heavy atom. The largest absolute Gasteiger partial charge is 0.192 e. The SMILES string of the molecule is N#Cc1ccc2c(c1)C1CC3CC(CC2C3)C1. The lowest BCUT2D eigenvalue weighted by Gasteiger charge is -2.38. The van der Waals surface area contributed by atoms with Crippen LogP contribution in [0.1, 0.15) is 60.6 Å². The predicted molar refractivity (Wildman–Crippen MR) is 66.7 cm³/mol. The maximum Gasteiger partial charge on any atom is 0.0991 e. The molecule has 2 unspecified atom stereocenters. The summed E-state index contributed by atoms with van der Waals surface area (Å²) in [5.74, 6) is 3.49. The Bertz CT molecular complexity index is 497. The molecule has 4 bridgehead atoms. The van der Waals surface area contributed by atoms with Crippen LogP contribution >= 0.6 is 0 Å². The van der Waals surface area contributed by atoms with Crippen LogP contribution in [0, 0.1) is 23.2 Å². The molecule has 0 aliphatic heterocycles. The van der Waals surface area contributed by atoms with Crippen LogP contribution in [-0.2, 0) is 0 Å². The summed E-state index contributed by atoms with van der Waals surface area (Å²) >= 11 is 0. The lowest BCUT2D eigenvalue weighted by molar-refractivity contribution is 0.166. The molecule has 86 valence electrons. The molecule has 1 nitrogen and oxygen atoms in total. The Kier molecular flexibility index (Phi) is 1.92. The summed E-state index contributed by atoms with van der Waals surface area (Å²) in [6.45, 7) is 0. The number of rotatable bonds is 0. The van der Waals surface area contributed by atoms with Crippen LogP contribution in [0.15, 0.2) is 18.2 Å². The second-order valence-corrected chi connectivity index (χ2v) is 6.26. The second-order valence-electron chi connectivity index (χ2n) is 6.26. The molecule has 4 aliphatic rings. The molecule has 2 atom stereocenters. The van der Waals surface area contributed by atoms with Crippen LogP contribution in [0.25, 0.3) is 0 Å². The third-order valence-electron chi connectivity index (χ3n) is 5.23. The highest BCUT2D eigenvalue weighted by Gasteiger charge is 2.41. The highest BCUT2D eigenvalue weighted by atomic mass is 14.5. The van der Waals surface area contributed by atoms with Gasteiger partial charge in [0.25, 0.3) is 0 Å². The van der Waals surface area contributed by atoms with Crippen LogP contribution in [0.2, 0.25) is 0 Å². The second kappa shape index (κ2) is 3.35. The zero-order valence-electron chi connectivity index (χ0n) is 10.0. The number of benzene rings is 1. The Balaban J connectivity index is 1.89. The molecule has 1 heteroatoms. The van der Waals surface area contributed by atoms with E-state index in [-0.39, 0.29) is 0 Å². The lowest BCUT2D eigenvalue weighted by atomic mass is 9.67. The highest BCUT2D eigenvalue weighted by Crippen LogP contribution is 2.56. The summed E-state index contributed by atoms with van der Waals surface area (Å²) in [6.07, 6.45) is 7.06. The fourth-order valence-corrected chi connectivity index (χ4v) is 4.73. The van der Waals surface area contributed by atoms with E-state index in [1.807, 2.05) is 6.07 Å². The van der Waals surface area contributed by atoms with Crippen molar-refractivity contribution in [2.45, 2.75) is 43.9 Å². The van der Waals surface area contributed by atoms with Crippen LogP contribution in [0.3, 0.4) is 0 Å². The summed E-state index contributed by atoms with van der Waals surface area (Å²) in [6, 6.07) is 8.75. The zero-order valence-corrected chi connectivity index (χ0v) is 10.0. The van der Waals surface area contributed by atoms with E-state index in [9.17, 15) is 0 Å². The van der Waals surface area contributed by atoms with Crippen molar-refractivity contribution in [2.75, 3.05) is 0 Å². The third-order valence-corrected chi connectivity index (χ3v) is 5.23. The van der Waals surface area contributed by atoms with Gasteiger partial charge in [0.2, 0.25) is 0 Å². The maximum absolute atomic E-state index is 9.06. The van der Waals surface area contributed by atoms with Crippen molar-refractivity contribution in [1.29, 1.82) is 5.26 Å². The summed E-state index contributed by atoms with van der Waals surface area (Å²) < 4.78 is 0. The van der Waals surface area contributed by atoms with E-state index in [1.54, 1.807) is 5.56 Å². The number of nitriles is 1. The first-order valence-corrected chi connectivity index (χ1v) is 6.87. The minimum atomic E-state index is 0.759. The van der Waals surface area contributed by atoms with Gasteiger partial charge in [-0.1, -0.05) is 6.07 Å². The van der Waals surface area contributed by atoms with E-state index in [4.69, 9.17) is 5.26 Å². The van der Waals surface area contributed by atoms with Crippen molar-refractivity contribution in [2.24, 2.45) is 11.8 Å². The van der Waals surface area contributed by atoms with Crippen LogP contribution in [-0.4, -0.2) is 0 Å². The van der Waals surface area contributed by atoms with Crippen molar-refractivity contribution >= 4 is 0 Å². The van der Waals surface area contributed by atoms with Crippen molar-refractivity contribution in [3.8, 4) is 6.07 Å². The minimum absolute atomic E-state index is 0.759. The van der Waals surface area contributed by atoms with Gasteiger partial charge in [0, 0.05) is 0 Å². The van der Waals surface area contributed by atoms with Gasteiger partial charge in [-0.05, 0) is 79.0 Å². The molecule has 5 rings (SSSR count). The first kappa shape index (κ1) is 9.71. The fourth-order valence-electron chi connectivity index (χ4n) is 4.73. The summed E-state index contributed by atoms with van der Waals surface area (Å²) in [7, 11) is 0. The van der Waals surface area contributed by atoms with Crippen molar-refractivity contribution < 1.29 is 0 Å². The average molecular weight is 223 g/mol. The molecule has 2 fully saturated rings. The molecule has 2 saturated carbocycles.